The zero-order valence-electron chi connectivity index (χ0n) is 14.2. The average molecular weight is 341 g/mol. The van der Waals surface area contributed by atoms with Crippen molar-refractivity contribution in [2.24, 2.45) is 0 Å². The highest BCUT2D eigenvalue weighted by molar-refractivity contribution is 5.91. The van der Waals surface area contributed by atoms with Crippen molar-refractivity contribution in [1.82, 2.24) is 4.90 Å². The fraction of sp³-hybridized carbons (Fsp3) is 0.450. The predicted molar refractivity (Wildman–Crippen MR) is 92.5 cm³/mol. The molecule has 0 unspecified atom stereocenters. The summed E-state index contributed by atoms with van der Waals surface area (Å²) in [4.78, 5) is 14.6. The number of hydrogen-bond donors (Lipinski definition) is 0. The van der Waals surface area contributed by atoms with E-state index in [0.29, 0.717) is 25.0 Å². The first-order valence-corrected chi connectivity index (χ1v) is 8.97. The Bertz CT molecular complexity index is 702. The molecule has 2 fully saturated rings. The molecule has 1 aromatic carbocycles. The van der Waals surface area contributed by atoms with Crippen LogP contribution >= 0.6 is 0 Å². The second kappa shape index (κ2) is 7.31. The Morgan fingerprint density at radius 3 is 2.84 bits per heavy atom. The SMILES string of the molecule is O=C(c1ccco1)N(Cc1cccc(OC[C@H]2CCCO2)c1)C1CC1. The highest BCUT2D eigenvalue weighted by Gasteiger charge is 2.34. The van der Waals surface area contributed by atoms with E-state index < -0.39 is 0 Å². The molecule has 0 radical (unpaired) electrons. The molecule has 132 valence electrons. The van der Waals surface area contributed by atoms with E-state index in [9.17, 15) is 4.79 Å². The number of benzene rings is 1. The van der Waals surface area contributed by atoms with Crippen LogP contribution in [0.5, 0.6) is 5.75 Å². The second-order valence-electron chi connectivity index (χ2n) is 6.73. The Morgan fingerprint density at radius 1 is 1.20 bits per heavy atom. The van der Waals surface area contributed by atoms with Gasteiger partial charge in [-0.1, -0.05) is 12.1 Å². The molecule has 0 spiro atoms. The lowest BCUT2D eigenvalue weighted by atomic mass is 10.2. The van der Waals surface area contributed by atoms with E-state index in [4.69, 9.17) is 13.9 Å². The summed E-state index contributed by atoms with van der Waals surface area (Å²) in [5, 5.41) is 0. The maximum atomic E-state index is 12.7. The monoisotopic (exact) mass is 341 g/mol. The van der Waals surface area contributed by atoms with Gasteiger partial charge >= 0.3 is 0 Å². The zero-order chi connectivity index (χ0) is 17.1. The van der Waals surface area contributed by atoms with Gasteiger partial charge in [0.2, 0.25) is 0 Å². The molecule has 2 aliphatic rings. The van der Waals surface area contributed by atoms with E-state index in [1.54, 1.807) is 12.1 Å². The first-order valence-electron chi connectivity index (χ1n) is 8.97. The van der Waals surface area contributed by atoms with Crippen molar-refractivity contribution in [2.75, 3.05) is 13.2 Å². The lowest BCUT2D eigenvalue weighted by Crippen LogP contribution is -2.32. The number of nitrogens with zero attached hydrogens (tertiary/aromatic N) is 1. The van der Waals surface area contributed by atoms with Crippen LogP contribution in [0.4, 0.5) is 0 Å². The number of amides is 1. The van der Waals surface area contributed by atoms with E-state index in [-0.39, 0.29) is 12.0 Å². The fourth-order valence-corrected chi connectivity index (χ4v) is 3.19. The van der Waals surface area contributed by atoms with Crippen LogP contribution in [-0.4, -0.2) is 36.2 Å². The van der Waals surface area contributed by atoms with Crippen LogP contribution in [-0.2, 0) is 11.3 Å². The largest absolute Gasteiger partial charge is 0.491 e. The summed E-state index contributed by atoms with van der Waals surface area (Å²) in [5.41, 5.74) is 1.07. The summed E-state index contributed by atoms with van der Waals surface area (Å²) in [7, 11) is 0. The molecule has 5 nitrogen and oxygen atoms in total. The molecular formula is C20H23NO4. The van der Waals surface area contributed by atoms with E-state index in [1.807, 2.05) is 29.2 Å². The molecule has 1 amide bonds. The van der Waals surface area contributed by atoms with E-state index in [2.05, 4.69) is 0 Å². The van der Waals surface area contributed by atoms with Crippen LogP contribution in [0.1, 0.15) is 41.8 Å². The minimum Gasteiger partial charge on any atom is -0.491 e. The quantitative estimate of drug-likeness (QED) is 0.771. The highest BCUT2D eigenvalue weighted by atomic mass is 16.5. The van der Waals surface area contributed by atoms with Crippen molar-refractivity contribution < 1.29 is 18.7 Å². The minimum atomic E-state index is -0.0434. The average Bonchev–Trinajstić information content (AvgIpc) is 3.12. The third-order valence-corrected chi connectivity index (χ3v) is 4.69. The minimum absolute atomic E-state index is 0.0434. The molecule has 1 saturated carbocycles. The first-order chi connectivity index (χ1) is 12.3. The van der Waals surface area contributed by atoms with Crippen molar-refractivity contribution in [3.05, 3.63) is 54.0 Å². The number of hydrogen-bond acceptors (Lipinski definition) is 4. The Kier molecular flexibility index (Phi) is 4.74. The van der Waals surface area contributed by atoms with Gasteiger partial charge in [-0.15, -0.1) is 0 Å². The third-order valence-electron chi connectivity index (χ3n) is 4.69. The number of furan rings is 1. The van der Waals surface area contributed by atoms with Gasteiger partial charge in [-0.3, -0.25) is 4.79 Å². The second-order valence-corrected chi connectivity index (χ2v) is 6.73. The van der Waals surface area contributed by atoms with Gasteiger partial charge in [-0.05, 0) is 55.5 Å². The fourth-order valence-electron chi connectivity index (χ4n) is 3.19. The smallest absolute Gasteiger partial charge is 0.290 e. The molecule has 0 bridgehead atoms. The predicted octanol–water partition coefficient (Wildman–Crippen LogP) is 3.64. The van der Waals surface area contributed by atoms with Gasteiger partial charge in [-0.2, -0.15) is 0 Å². The van der Waals surface area contributed by atoms with Crippen molar-refractivity contribution >= 4 is 5.91 Å². The van der Waals surface area contributed by atoms with Crippen molar-refractivity contribution in [3.63, 3.8) is 0 Å². The third kappa shape index (κ3) is 4.04. The molecule has 1 aliphatic heterocycles. The van der Waals surface area contributed by atoms with Crippen LogP contribution in [0.15, 0.2) is 47.1 Å². The van der Waals surface area contributed by atoms with E-state index in [1.165, 1.54) is 6.26 Å². The van der Waals surface area contributed by atoms with Crippen LogP contribution in [0, 0.1) is 0 Å². The van der Waals surface area contributed by atoms with Gasteiger partial charge in [0.05, 0.1) is 12.4 Å². The van der Waals surface area contributed by atoms with Crippen LogP contribution < -0.4 is 4.74 Å². The lowest BCUT2D eigenvalue weighted by molar-refractivity contribution is 0.0676. The molecule has 2 heterocycles. The normalized spacial score (nSPS) is 19.8. The van der Waals surface area contributed by atoms with Crippen LogP contribution in [0.3, 0.4) is 0 Å². The molecule has 1 atom stereocenters. The summed E-state index contributed by atoms with van der Waals surface area (Å²) in [6, 6.07) is 11.8. The molecule has 2 aromatic rings. The van der Waals surface area contributed by atoms with Crippen molar-refractivity contribution in [2.45, 2.75) is 44.4 Å². The van der Waals surface area contributed by atoms with Gasteiger partial charge < -0.3 is 18.8 Å². The lowest BCUT2D eigenvalue weighted by Gasteiger charge is -2.22. The zero-order valence-corrected chi connectivity index (χ0v) is 14.2. The summed E-state index contributed by atoms with van der Waals surface area (Å²) in [6.45, 7) is 1.99. The van der Waals surface area contributed by atoms with Gasteiger partial charge in [0.25, 0.3) is 5.91 Å². The standard InChI is InChI=1S/C20H23NO4/c22-20(19-7-3-11-24-19)21(16-8-9-16)13-15-4-1-5-17(12-15)25-14-18-6-2-10-23-18/h1,3-5,7,11-12,16,18H,2,6,8-10,13-14H2/t18-/m1/s1. The van der Waals surface area contributed by atoms with Crippen LogP contribution in [0.2, 0.25) is 0 Å². The summed E-state index contributed by atoms with van der Waals surface area (Å²) < 4.78 is 16.7. The molecule has 5 heteroatoms. The highest BCUT2D eigenvalue weighted by Crippen LogP contribution is 2.30. The topological polar surface area (TPSA) is 51.9 Å². The van der Waals surface area contributed by atoms with Crippen LogP contribution in [0.25, 0.3) is 0 Å². The van der Waals surface area contributed by atoms with Gasteiger partial charge in [0.15, 0.2) is 5.76 Å². The molecular weight excluding hydrogens is 318 g/mol. The summed E-state index contributed by atoms with van der Waals surface area (Å²) >= 11 is 0. The van der Waals surface area contributed by atoms with E-state index >= 15 is 0 Å². The number of ether oxygens (including phenoxy) is 2. The Labute approximate surface area is 147 Å². The Morgan fingerprint density at radius 2 is 2.12 bits per heavy atom. The maximum Gasteiger partial charge on any atom is 0.290 e. The maximum absolute atomic E-state index is 12.7. The number of rotatable bonds is 7. The molecule has 0 N–H and O–H groups in total. The molecule has 25 heavy (non-hydrogen) atoms. The van der Waals surface area contributed by atoms with Crippen molar-refractivity contribution in [3.8, 4) is 5.75 Å². The number of carbonyl (C=O) groups excluding carboxylic acids is 1. The first kappa shape index (κ1) is 16.2. The van der Waals surface area contributed by atoms with Gasteiger partial charge in [0.1, 0.15) is 12.4 Å². The molecule has 1 aliphatic carbocycles. The summed E-state index contributed by atoms with van der Waals surface area (Å²) in [5.74, 6) is 1.19. The van der Waals surface area contributed by atoms with Crippen molar-refractivity contribution in [1.29, 1.82) is 0 Å². The number of carbonyl (C=O) groups is 1. The molecule has 1 saturated heterocycles. The summed E-state index contributed by atoms with van der Waals surface area (Å²) in [6.07, 6.45) is 6.03. The van der Waals surface area contributed by atoms with Gasteiger partial charge in [0, 0.05) is 19.2 Å². The Balaban J connectivity index is 1.41. The van der Waals surface area contributed by atoms with Gasteiger partial charge in [-0.25, -0.2) is 0 Å². The van der Waals surface area contributed by atoms with E-state index in [0.717, 1.165) is 43.6 Å². The molecule has 4 rings (SSSR count). The Hall–Kier alpha value is -2.27. The molecule has 1 aromatic heterocycles.